The van der Waals surface area contributed by atoms with Crippen LogP contribution >= 0.6 is 23.5 Å². The van der Waals surface area contributed by atoms with Gasteiger partial charge in [-0.1, -0.05) is 20.8 Å². The van der Waals surface area contributed by atoms with E-state index < -0.39 is 0 Å². The predicted molar refractivity (Wildman–Crippen MR) is 83.5 cm³/mol. The lowest BCUT2D eigenvalue weighted by Gasteiger charge is -2.37. The van der Waals surface area contributed by atoms with Crippen molar-refractivity contribution in [3.05, 3.63) is 11.8 Å². The van der Waals surface area contributed by atoms with E-state index in [0.29, 0.717) is 11.3 Å². The number of likely N-dealkylation sites (N-methyl/N-ethyl adjacent to an activating group) is 1. The van der Waals surface area contributed by atoms with Crippen LogP contribution in [0.2, 0.25) is 0 Å². The average molecular weight is 287 g/mol. The summed E-state index contributed by atoms with van der Waals surface area (Å²) in [5.41, 5.74) is 1.47. The van der Waals surface area contributed by atoms with E-state index >= 15 is 0 Å². The average Bonchev–Trinajstić information content (AvgIpc) is 2.40. The Morgan fingerprint density at radius 1 is 1.44 bits per heavy atom. The second-order valence-electron chi connectivity index (χ2n) is 5.12. The van der Waals surface area contributed by atoms with Crippen LogP contribution in [0, 0.1) is 0 Å². The molecule has 104 valence electrons. The van der Waals surface area contributed by atoms with Gasteiger partial charge >= 0.3 is 0 Å². The van der Waals surface area contributed by atoms with Crippen molar-refractivity contribution in [3.63, 3.8) is 0 Å². The Bertz CT molecular complexity index is 296. The fourth-order valence-corrected chi connectivity index (χ4v) is 5.65. The molecular formula is C14H25NOS2. The smallest absolute Gasteiger partial charge is 0.0876 e. The molecule has 2 aliphatic heterocycles. The number of hydrogen-bond donors (Lipinski definition) is 1. The molecule has 2 aliphatic rings. The van der Waals surface area contributed by atoms with Gasteiger partial charge in [-0.3, -0.25) is 0 Å². The van der Waals surface area contributed by atoms with Crippen LogP contribution < -0.4 is 5.32 Å². The number of hydrogen-bond acceptors (Lipinski definition) is 4. The molecule has 1 N–H and O–H groups in total. The molecule has 1 saturated heterocycles. The van der Waals surface area contributed by atoms with Crippen molar-refractivity contribution in [1.82, 2.24) is 5.32 Å². The summed E-state index contributed by atoms with van der Waals surface area (Å²) in [7, 11) is 0. The van der Waals surface area contributed by atoms with E-state index in [0.717, 1.165) is 23.7 Å². The summed E-state index contributed by atoms with van der Waals surface area (Å²) in [4.78, 5) is 0. The first kappa shape index (κ1) is 14.6. The molecule has 2 rings (SSSR count). The van der Waals surface area contributed by atoms with Crippen LogP contribution in [0.1, 0.15) is 33.6 Å². The maximum absolute atomic E-state index is 5.53. The summed E-state index contributed by atoms with van der Waals surface area (Å²) >= 11 is 4.28. The van der Waals surface area contributed by atoms with Gasteiger partial charge in [-0.2, -0.15) is 23.5 Å². The van der Waals surface area contributed by atoms with E-state index in [1.54, 1.807) is 0 Å². The summed E-state index contributed by atoms with van der Waals surface area (Å²) in [6.45, 7) is 8.84. The Hall–Kier alpha value is 0.200. The van der Waals surface area contributed by atoms with Crippen molar-refractivity contribution in [2.45, 2.75) is 55.4 Å². The lowest BCUT2D eigenvalue weighted by atomic mass is 9.99. The van der Waals surface area contributed by atoms with Crippen molar-refractivity contribution in [1.29, 1.82) is 0 Å². The van der Waals surface area contributed by atoms with Crippen molar-refractivity contribution in [3.8, 4) is 0 Å². The summed E-state index contributed by atoms with van der Waals surface area (Å²) in [5.74, 6) is 1.26. The van der Waals surface area contributed by atoms with Crippen molar-refractivity contribution in [2.24, 2.45) is 0 Å². The maximum Gasteiger partial charge on any atom is 0.0876 e. The fourth-order valence-electron chi connectivity index (χ4n) is 2.52. The van der Waals surface area contributed by atoms with Gasteiger partial charge in [0.05, 0.1) is 12.9 Å². The fraction of sp³-hybridized carbons (Fsp3) is 0.857. The molecule has 0 spiro atoms. The monoisotopic (exact) mass is 287 g/mol. The quantitative estimate of drug-likeness (QED) is 0.856. The molecule has 0 aromatic carbocycles. The first-order chi connectivity index (χ1) is 8.72. The zero-order valence-electron chi connectivity index (χ0n) is 11.6. The molecule has 0 aliphatic carbocycles. The molecule has 0 aromatic heterocycles. The van der Waals surface area contributed by atoms with Crippen LogP contribution in [0.4, 0.5) is 0 Å². The summed E-state index contributed by atoms with van der Waals surface area (Å²) < 4.78 is 5.53. The summed E-state index contributed by atoms with van der Waals surface area (Å²) in [6, 6.07) is 0.503. The van der Waals surface area contributed by atoms with Gasteiger partial charge in [0.1, 0.15) is 0 Å². The highest BCUT2D eigenvalue weighted by Crippen LogP contribution is 2.39. The normalized spacial score (nSPS) is 34.6. The molecule has 2 heterocycles. The highest BCUT2D eigenvalue weighted by Gasteiger charge is 2.33. The van der Waals surface area contributed by atoms with Crippen LogP contribution in [-0.2, 0) is 4.74 Å². The van der Waals surface area contributed by atoms with Gasteiger partial charge in [-0.15, -0.1) is 0 Å². The Labute approximate surface area is 120 Å². The Morgan fingerprint density at radius 2 is 2.28 bits per heavy atom. The van der Waals surface area contributed by atoms with E-state index in [9.17, 15) is 0 Å². The van der Waals surface area contributed by atoms with E-state index in [-0.39, 0.29) is 0 Å². The highest BCUT2D eigenvalue weighted by atomic mass is 32.2. The number of thioether (sulfide) groups is 2. The number of rotatable bonds is 4. The van der Waals surface area contributed by atoms with Crippen molar-refractivity contribution < 1.29 is 4.74 Å². The predicted octanol–water partition coefficient (Wildman–Crippen LogP) is 3.28. The van der Waals surface area contributed by atoms with Crippen LogP contribution in [0.25, 0.3) is 0 Å². The van der Waals surface area contributed by atoms with Crippen LogP contribution in [-0.4, -0.2) is 40.7 Å². The molecule has 1 fully saturated rings. The van der Waals surface area contributed by atoms with Gasteiger partial charge in [-0.25, -0.2) is 0 Å². The Kier molecular flexibility index (Phi) is 5.77. The molecule has 0 amide bonds. The van der Waals surface area contributed by atoms with Crippen LogP contribution in [0.15, 0.2) is 11.8 Å². The topological polar surface area (TPSA) is 21.3 Å². The molecule has 18 heavy (non-hydrogen) atoms. The molecule has 4 atom stereocenters. The van der Waals surface area contributed by atoms with Crippen molar-refractivity contribution in [2.75, 3.05) is 18.9 Å². The molecule has 0 aromatic rings. The third kappa shape index (κ3) is 3.61. The van der Waals surface area contributed by atoms with E-state index in [4.69, 9.17) is 4.74 Å². The number of nitrogens with one attached hydrogen (secondary N) is 1. The van der Waals surface area contributed by atoms with Gasteiger partial charge in [0.25, 0.3) is 0 Å². The minimum absolute atomic E-state index is 0.503. The standard InChI is InChI=1S/C14H25NOS2/c1-4-15-14(12-6-5-7-16-8-12)13-9-17-10(2)11(3)18-13/h8,10-11,13-15H,4-7,9H2,1-3H3. The highest BCUT2D eigenvalue weighted by molar-refractivity contribution is 8.07. The zero-order valence-corrected chi connectivity index (χ0v) is 13.3. The van der Waals surface area contributed by atoms with Gasteiger partial charge < -0.3 is 10.1 Å². The third-order valence-corrected chi connectivity index (χ3v) is 7.23. The van der Waals surface area contributed by atoms with Crippen molar-refractivity contribution >= 4 is 23.5 Å². The van der Waals surface area contributed by atoms with E-state index in [2.05, 4.69) is 49.6 Å². The van der Waals surface area contributed by atoms with Gasteiger partial charge in [0, 0.05) is 27.5 Å². The Balaban J connectivity index is 2.02. The first-order valence-electron chi connectivity index (χ1n) is 7.03. The lowest BCUT2D eigenvalue weighted by Crippen LogP contribution is -2.45. The SMILES string of the molecule is CCNC(C1=COCCC1)C1CSC(C)C(C)S1. The second kappa shape index (κ2) is 7.11. The largest absolute Gasteiger partial charge is 0.501 e. The summed E-state index contributed by atoms with van der Waals surface area (Å²) in [6.07, 6.45) is 4.39. The lowest BCUT2D eigenvalue weighted by molar-refractivity contribution is 0.219. The number of ether oxygens (including phenoxy) is 1. The molecule has 0 saturated carbocycles. The Morgan fingerprint density at radius 3 is 2.89 bits per heavy atom. The molecule has 4 unspecified atom stereocenters. The first-order valence-corrected chi connectivity index (χ1v) is 9.02. The third-order valence-electron chi connectivity index (χ3n) is 3.73. The summed E-state index contributed by atoms with van der Waals surface area (Å²) in [5, 5.41) is 5.90. The van der Waals surface area contributed by atoms with E-state index in [1.165, 1.54) is 24.2 Å². The maximum atomic E-state index is 5.53. The minimum atomic E-state index is 0.503. The molecule has 4 heteroatoms. The van der Waals surface area contributed by atoms with Gasteiger partial charge in [0.2, 0.25) is 0 Å². The van der Waals surface area contributed by atoms with Crippen LogP contribution in [0.3, 0.4) is 0 Å². The van der Waals surface area contributed by atoms with Gasteiger partial charge in [-0.05, 0) is 25.0 Å². The molecular weight excluding hydrogens is 262 g/mol. The molecule has 2 nitrogen and oxygen atoms in total. The second-order valence-corrected chi connectivity index (χ2v) is 8.15. The molecule has 0 bridgehead atoms. The van der Waals surface area contributed by atoms with Crippen LogP contribution in [0.5, 0.6) is 0 Å². The zero-order chi connectivity index (χ0) is 13.0. The van der Waals surface area contributed by atoms with E-state index in [1.807, 2.05) is 6.26 Å². The van der Waals surface area contributed by atoms with Gasteiger partial charge in [0.15, 0.2) is 0 Å². The minimum Gasteiger partial charge on any atom is -0.501 e. The molecule has 0 radical (unpaired) electrons.